The number of hydrogen-bond acceptors (Lipinski definition) is 2. The molecule has 0 atom stereocenters. The standard InChI is InChI=1S/C15H22N2O/c1-5-12-13(6-2)17(4)14(18)11-15(12)7-9-16(3)10-8-15/h5-6H,1-2,7-11H2,3-4H3. The second kappa shape index (κ2) is 4.73. The van der Waals surface area contributed by atoms with E-state index in [1.54, 1.807) is 11.0 Å². The number of carbonyl (C=O) groups is 1. The SMILES string of the molecule is C=CC1=C(C=C)C2(CCN(C)CC2)CC(=O)N1C. The Balaban J connectivity index is 2.46. The highest BCUT2D eigenvalue weighted by Crippen LogP contribution is 2.47. The molecule has 2 rings (SSSR count). The van der Waals surface area contributed by atoms with E-state index in [1.165, 1.54) is 5.57 Å². The predicted molar refractivity (Wildman–Crippen MR) is 74.0 cm³/mol. The molecule has 1 saturated heterocycles. The maximum Gasteiger partial charge on any atom is 0.227 e. The molecule has 3 heteroatoms. The van der Waals surface area contributed by atoms with Crippen LogP contribution in [0, 0.1) is 5.41 Å². The summed E-state index contributed by atoms with van der Waals surface area (Å²) >= 11 is 0. The van der Waals surface area contributed by atoms with Crippen molar-refractivity contribution < 1.29 is 4.79 Å². The second-order valence-corrected chi connectivity index (χ2v) is 5.42. The number of hydrogen-bond donors (Lipinski definition) is 0. The molecule has 0 N–H and O–H groups in total. The van der Waals surface area contributed by atoms with E-state index in [0.717, 1.165) is 31.6 Å². The van der Waals surface area contributed by atoms with E-state index in [0.29, 0.717) is 6.42 Å². The Hall–Kier alpha value is -1.35. The average Bonchev–Trinajstić information content (AvgIpc) is 2.37. The summed E-state index contributed by atoms with van der Waals surface area (Å²) in [6, 6.07) is 0. The molecule has 2 aliphatic heterocycles. The van der Waals surface area contributed by atoms with E-state index in [2.05, 4.69) is 25.1 Å². The predicted octanol–water partition coefficient (Wildman–Crippen LogP) is 2.19. The molecular formula is C15H22N2O. The van der Waals surface area contributed by atoms with Crippen molar-refractivity contribution in [1.29, 1.82) is 0 Å². The van der Waals surface area contributed by atoms with Crippen LogP contribution in [0.1, 0.15) is 19.3 Å². The third-order valence-corrected chi connectivity index (χ3v) is 4.41. The molecule has 0 aromatic heterocycles. The van der Waals surface area contributed by atoms with Gasteiger partial charge in [-0.15, -0.1) is 0 Å². The monoisotopic (exact) mass is 246 g/mol. The van der Waals surface area contributed by atoms with E-state index < -0.39 is 0 Å². The zero-order valence-electron chi connectivity index (χ0n) is 11.4. The van der Waals surface area contributed by atoms with Crippen LogP contribution < -0.4 is 0 Å². The van der Waals surface area contributed by atoms with Crippen LogP contribution in [-0.4, -0.2) is 42.9 Å². The summed E-state index contributed by atoms with van der Waals surface area (Å²) in [7, 11) is 3.96. The number of carbonyl (C=O) groups excluding carboxylic acids is 1. The summed E-state index contributed by atoms with van der Waals surface area (Å²) in [5, 5.41) is 0. The fraction of sp³-hybridized carbons (Fsp3) is 0.533. The van der Waals surface area contributed by atoms with Crippen molar-refractivity contribution in [3.8, 4) is 0 Å². The van der Waals surface area contributed by atoms with E-state index in [9.17, 15) is 4.79 Å². The highest BCUT2D eigenvalue weighted by Gasteiger charge is 2.43. The van der Waals surface area contributed by atoms with E-state index >= 15 is 0 Å². The van der Waals surface area contributed by atoms with Gasteiger partial charge in [-0.2, -0.15) is 0 Å². The molecule has 0 aromatic carbocycles. The molecule has 98 valence electrons. The van der Waals surface area contributed by atoms with Gasteiger partial charge in [-0.05, 0) is 44.6 Å². The summed E-state index contributed by atoms with van der Waals surface area (Å²) in [6.45, 7) is 9.88. The van der Waals surface area contributed by atoms with Gasteiger partial charge in [-0.1, -0.05) is 19.2 Å². The smallest absolute Gasteiger partial charge is 0.227 e. The lowest BCUT2D eigenvalue weighted by Crippen LogP contribution is -2.46. The van der Waals surface area contributed by atoms with Crippen LogP contribution in [0.4, 0.5) is 0 Å². The van der Waals surface area contributed by atoms with Crippen LogP contribution in [0.3, 0.4) is 0 Å². The molecule has 1 fully saturated rings. The van der Waals surface area contributed by atoms with Gasteiger partial charge in [0.2, 0.25) is 5.91 Å². The van der Waals surface area contributed by atoms with Gasteiger partial charge in [0.05, 0.1) is 0 Å². The number of amides is 1. The van der Waals surface area contributed by atoms with E-state index in [4.69, 9.17) is 0 Å². The molecule has 1 spiro atoms. The summed E-state index contributed by atoms with van der Waals surface area (Å²) in [6.07, 6.45) is 6.37. The zero-order valence-corrected chi connectivity index (χ0v) is 11.4. The van der Waals surface area contributed by atoms with Gasteiger partial charge < -0.3 is 9.80 Å². The third kappa shape index (κ3) is 1.93. The first-order valence-corrected chi connectivity index (χ1v) is 6.49. The van der Waals surface area contributed by atoms with Crippen molar-refractivity contribution in [3.05, 3.63) is 36.6 Å². The van der Waals surface area contributed by atoms with E-state index in [1.807, 2.05) is 13.1 Å². The first-order valence-electron chi connectivity index (χ1n) is 6.49. The largest absolute Gasteiger partial charge is 0.315 e. The van der Waals surface area contributed by atoms with E-state index in [-0.39, 0.29) is 11.3 Å². The molecule has 0 radical (unpaired) electrons. The van der Waals surface area contributed by atoms with Crippen LogP contribution in [0.5, 0.6) is 0 Å². The maximum absolute atomic E-state index is 12.2. The molecule has 1 amide bonds. The van der Waals surface area contributed by atoms with Crippen molar-refractivity contribution in [2.45, 2.75) is 19.3 Å². The van der Waals surface area contributed by atoms with Crippen molar-refractivity contribution >= 4 is 5.91 Å². The summed E-state index contributed by atoms with van der Waals surface area (Å²) < 4.78 is 0. The fourth-order valence-electron chi connectivity index (χ4n) is 3.15. The van der Waals surface area contributed by atoms with Crippen LogP contribution in [0.25, 0.3) is 0 Å². The van der Waals surface area contributed by atoms with Crippen molar-refractivity contribution in [3.63, 3.8) is 0 Å². The summed E-state index contributed by atoms with van der Waals surface area (Å²) in [4.78, 5) is 16.2. The number of rotatable bonds is 2. The van der Waals surface area contributed by atoms with Crippen LogP contribution >= 0.6 is 0 Å². The lowest BCUT2D eigenvalue weighted by Gasteiger charge is -2.46. The molecular weight excluding hydrogens is 224 g/mol. The van der Waals surface area contributed by atoms with Crippen LogP contribution in [-0.2, 0) is 4.79 Å². The van der Waals surface area contributed by atoms with Crippen molar-refractivity contribution in [2.75, 3.05) is 27.2 Å². The van der Waals surface area contributed by atoms with Crippen LogP contribution in [0.15, 0.2) is 36.6 Å². The lowest BCUT2D eigenvalue weighted by atomic mass is 9.67. The molecule has 0 aliphatic carbocycles. The normalized spacial score (nSPS) is 24.6. The van der Waals surface area contributed by atoms with Crippen LogP contribution in [0.2, 0.25) is 0 Å². The molecule has 0 saturated carbocycles. The Morgan fingerprint density at radius 2 is 1.78 bits per heavy atom. The van der Waals surface area contributed by atoms with Gasteiger partial charge in [-0.3, -0.25) is 4.79 Å². The Kier molecular flexibility index (Phi) is 3.44. The quantitative estimate of drug-likeness (QED) is 0.745. The molecule has 0 bridgehead atoms. The number of piperidine rings is 1. The van der Waals surface area contributed by atoms with Gasteiger partial charge >= 0.3 is 0 Å². The van der Waals surface area contributed by atoms with Gasteiger partial charge in [0, 0.05) is 24.6 Å². The highest BCUT2D eigenvalue weighted by molar-refractivity contribution is 5.82. The minimum Gasteiger partial charge on any atom is -0.315 e. The summed E-state index contributed by atoms with van der Waals surface area (Å²) in [5.41, 5.74) is 2.12. The second-order valence-electron chi connectivity index (χ2n) is 5.42. The summed E-state index contributed by atoms with van der Waals surface area (Å²) in [5.74, 6) is 0.194. The van der Waals surface area contributed by atoms with Gasteiger partial charge in [0.15, 0.2) is 0 Å². The van der Waals surface area contributed by atoms with Crippen molar-refractivity contribution in [1.82, 2.24) is 9.80 Å². The Morgan fingerprint density at radius 3 is 2.28 bits per heavy atom. The highest BCUT2D eigenvalue weighted by atomic mass is 16.2. The zero-order chi connectivity index (χ0) is 13.3. The van der Waals surface area contributed by atoms with Gasteiger partial charge in [-0.25, -0.2) is 0 Å². The molecule has 2 aliphatic rings. The van der Waals surface area contributed by atoms with Gasteiger partial charge in [0.25, 0.3) is 0 Å². The number of likely N-dealkylation sites (N-methyl/N-ethyl adjacent to an activating group) is 1. The topological polar surface area (TPSA) is 23.6 Å². The number of likely N-dealkylation sites (tertiary alicyclic amines) is 1. The lowest BCUT2D eigenvalue weighted by molar-refractivity contribution is -0.132. The number of nitrogens with zero attached hydrogens (tertiary/aromatic N) is 2. The molecule has 2 heterocycles. The molecule has 3 nitrogen and oxygen atoms in total. The number of allylic oxidation sites excluding steroid dienone is 3. The molecule has 18 heavy (non-hydrogen) atoms. The first-order chi connectivity index (χ1) is 8.54. The minimum absolute atomic E-state index is 0.0125. The molecule has 0 unspecified atom stereocenters. The molecule has 0 aromatic rings. The fourth-order valence-corrected chi connectivity index (χ4v) is 3.15. The minimum atomic E-state index is -0.0125. The van der Waals surface area contributed by atoms with Crippen molar-refractivity contribution in [2.24, 2.45) is 5.41 Å². The maximum atomic E-state index is 12.2. The Bertz CT molecular complexity index is 414. The first kappa shape index (κ1) is 13.1. The Labute approximate surface area is 109 Å². The van der Waals surface area contributed by atoms with Gasteiger partial charge in [0.1, 0.15) is 0 Å². The average molecular weight is 246 g/mol. The third-order valence-electron chi connectivity index (χ3n) is 4.41. The Morgan fingerprint density at radius 1 is 1.17 bits per heavy atom.